The summed E-state index contributed by atoms with van der Waals surface area (Å²) in [6.45, 7) is 0.488. The number of carbonyl (C=O) groups excluding carboxylic acids is 1. The molecule has 7 nitrogen and oxygen atoms in total. The maximum atomic E-state index is 12.9. The highest BCUT2D eigenvalue weighted by atomic mass is 16.4. The zero-order valence-corrected chi connectivity index (χ0v) is 15.9. The van der Waals surface area contributed by atoms with Crippen LogP contribution in [0.2, 0.25) is 0 Å². The first-order chi connectivity index (χ1) is 14.0. The van der Waals surface area contributed by atoms with Crippen LogP contribution < -0.4 is 5.32 Å². The first-order valence-corrected chi connectivity index (χ1v) is 9.78. The number of fused-ring (bicyclic) bond motifs is 1. The Balaban J connectivity index is 1.61. The number of carbonyl (C=O) groups is 2. The third-order valence-corrected chi connectivity index (χ3v) is 5.48. The fourth-order valence-electron chi connectivity index (χ4n) is 3.89. The van der Waals surface area contributed by atoms with Crippen LogP contribution in [0.1, 0.15) is 52.0 Å². The number of nitrogens with zero attached hydrogens (tertiary/aromatic N) is 2. The lowest BCUT2D eigenvalue weighted by atomic mass is 9.92. The summed E-state index contributed by atoms with van der Waals surface area (Å²) in [7, 11) is 0. The molecule has 7 heteroatoms. The number of hydrogen-bond donors (Lipinski definition) is 3. The summed E-state index contributed by atoms with van der Waals surface area (Å²) in [6.07, 6.45) is 6.37. The molecule has 1 amide bonds. The van der Waals surface area contributed by atoms with Gasteiger partial charge < -0.3 is 20.1 Å². The smallest absolute Gasteiger partial charge is 0.335 e. The summed E-state index contributed by atoms with van der Waals surface area (Å²) >= 11 is 0. The number of aromatic carboxylic acids is 1. The van der Waals surface area contributed by atoms with Crippen molar-refractivity contribution < 1.29 is 19.8 Å². The molecule has 150 valence electrons. The third kappa shape index (κ3) is 4.00. The van der Waals surface area contributed by atoms with Crippen molar-refractivity contribution in [1.29, 1.82) is 0 Å². The topological polar surface area (TPSA) is 104 Å². The molecule has 0 bridgehead atoms. The van der Waals surface area contributed by atoms with E-state index in [0.29, 0.717) is 24.0 Å². The van der Waals surface area contributed by atoms with Crippen LogP contribution in [-0.4, -0.2) is 43.8 Å². The molecule has 0 spiro atoms. The maximum Gasteiger partial charge on any atom is 0.335 e. The van der Waals surface area contributed by atoms with Crippen LogP contribution in [0.4, 0.5) is 0 Å². The predicted molar refractivity (Wildman–Crippen MR) is 108 cm³/mol. The number of aliphatic hydroxyl groups excluding tert-OH is 1. The van der Waals surface area contributed by atoms with Gasteiger partial charge in [-0.3, -0.25) is 9.78 Å². The van der Waals surface area contributed by atoms with Crippen molar-refractivity contribution in [2.45, 2.75) is 44.4 Å². The van der Waals surface area contributed by atoms with Crippen LogP contribution in [0.5, 0.6) is 0 Å². The number of pyridine rings is 1. The fraction of sp³-hybridized carbons (Fsp3) is 0.318. The van der Waals surface area contributed by atoms with Gasteiger partial charge in [0.1, 0.15) is 5.52 Å². The lowest BCUT2D eigenvalue weighted by Crippen LogP contribution is -2.45. The highest BCUT2D eigenvalue weighted by molar-refractivity contribution is 6.05. The molecular formula is C22H23N3O4. The van der Waals surface area contributed by atoms with E-state index in [1.165, 1.54) is 0 Å². The number of hydrogen-bond acceptors (Lipinski definition) is 4. The van der Waals surface area contributed by atoms with Gasteiger partial charge in [-0.25, -0.2) is 4.79 Å². The van der Waals surface area contributed by atoms with Crippen LogP contribution in [-0.2, 0) is 6.54 Å². The molecule has 1 saturated carbocycles. The van der Waals surface area contributed by atoms with Gasteiger partial charge in [-0.1, -0.05) is 25.0 Å². The molecule has 2 heterocycles. The molecule has 1 fully saturated rings. The summed E-state index contributed by atoms with van der Waals surface area (Å²) in [5, 5.41) is 22.2. The summed E-state index contributed by atoms with van der Waals surface area (Å²) in [5.74, 6) is -1.20. The molecule has 2 aromatic heterocycles. The van der Waals surface area contributed by atoms with E-state index in [9.17, 15) is 14.7 Å². The Labute approximate surface area is 168 Å². The Morgan fingerprint density at radius 1 is 1.14 bits per heavy atom. The summed E-state index contributed by atoms with van der Waals surface area (Å²) in [5.41, 5.74) is 3.06. The number of carboxylic acid groups (broad SMARTS) is 1. The first kappa shape index (κ1) is 19.1. The van der Waals surface area contributed by atoms with Gasteiger partial charge in [0.15, 0.2) is 0 Å². The predicted octanol–water partition coefficient (Wildman–Crippen LogP) is 2.82. The largest absolute Gasteiger partial charge is 0.478 e. The number of benzene rings is 1. The Morgan fingerprint density at radius 2 is 1.90 bits per heavy atom. The van der Waals surface area contributed by atoms with Crippen molar-refractivity contribution in [3.05, 3.63) is 65.5 Å². The lowest BCUT2D eigenvalue weighted by molar-refractivity contribution is 0.0696. The van der Waals surface area contributed by atoms with Crippen molar-refractivity contribution in [2.24, 2.45) is 0 Å². The van der Waals surface area contributed by atoms with E-state index in [2.05, 4.69) is 10.3 Å². The van der Waals surface area contributed by atoms with Crippen molar-refractivity contribution in [2.75, 3.05) is 0 Å². The molecule has 0 aliphatic heterocycles. The van der Waals surface area contributed by atoms with Crippen LogP contribution in [0.3, 0.4) is 0 Å². The minimum atomic E-state index is -0.962. The highest BCUT2D eigenvalue weighted by Gasteiger charge is 2.26. The summed E-state index contributed by atoms with van der Waals surface area (Å²) in [6, 6.07) is 10.2. The lowest BCUT2D eigenvalue weighted by Gasteiger charge is -2.28. The second-order valence-electron chi connectivity index (χ2n) is 7.48. The normalized spacial score (nSPS) is 19.2. The first-order valence-electron chi connectivity index (χ1n) is 9.78. The van der Waals surface area contributed by atoms with Gasteiger partial charge in [-0.05, 0) is 42.7 Å². The standard InChI is InChI=1S/C22H23N3O4/c26-19-6-2-1-4-17(19)24-21(27)16-13-25(18-5-3-11-23-20(16)18)12-14-7-9-15(10-8-14)22(28)29/h3,5,7-11,13,17,19,26H,1-2,4,6,12H2,(H,24,27)(H,28,29)/t17-,19-/m0/s1. The summed E-state index contributed by atoms with van der Waals surface area (Å²) in [4.78, 5) is 28.3. The molecule has 0 radical (unpaired) electrons. The van der Waals surface area contributed by atoms with Crippen molar-refractivity contribution in [3.8, 4) is 0 Å². The minimum absolute atomic E-state index is 0.234. The van der Waals surface area contributed by atoms with Gasteiger partial charge in [-0.15, -0.1) is 0 Å². The Bertz CT molecular complexity index is 1040. The molecular weight excluding hydrogens is 370 g/mol. The van der Waals surface area contributed by atoms with Gasteiger partial charge in [-0.2, -0.15) is 0 Å². The number of carboxylic acids is 1. The van der Waals surface area contributed by atoms with Gasteiger partial charge in [0.2, 0.25) is 0 Å². The third-order valence-electron chi connectivity index (χ3n) is 5.48. The van der Waals surface area contributed by atoms with E-state index in [4.69, 9.17) is 5.11 Å². The Morgan fingerprint density at radius 3 is 2.62 bits per heavy atom. The minimum Gasteiger partial charge on any atom is -0.478 e. The SMILES string of the molecule is O=C(O)c1ccc(Cn2cc(C(=O)N[C@H]3CCCC[C@@H]3O)c3ncccc32)cc1. The zero-order valence-electron chi connectivity index (χ0n) is 15.9. The van der Waals surface area contributed by atoms with E-state index in [1.54, 1.807) is 36.7 Å². The molecule has 3 N–H and O–H groups in total. The Kier molecular flexibility index (Phi) is 5.31. The average molecular weight is 393 g/mol. The molecule has 1 aliphatic carbocycles. The van der Waals surface area contributed by atoms with Crippen molar-refractivity contribution in [3.63, 3.8) is 0 Å². The number of rotatable bonds is 5. The van der Waals surface area contributed by atoms with Crippen LogP contribution >= 0.6 is 0 Å². The molecule has 29 heavy (non-hydrogen) atoms. The van der Waals surface area contributed by atoms with Gasteiger partial charge in [0.25, 0.3) is 5.91 Å². The molecule has 0 unspecified atom stereocenters. The van der Waals surface area contributed by atoms with Gasteiger partial charge >= 0.3 is 5.97 Å². The summed E-state index contributed by atoms with van der Waals surface area (Å²) < 4.78 is 1.93. The van der Waals surface area contributed by atoms with Gasteiger partial charge in [0, 0.05) is 18.9 Å². The second kappa shape index (κ2) is 8.05. The van der Waals surface area contributed by atoms with E-state index in [1.807, 2.05) is 16.7 Å². The second-order valence-corrected chi connectivity index (χ2v) is 7.48. The molecule has 4 rings (SSSR count). The van der Waals surface area contributed by atoms with E-state index >= 15 is 0 Å². The number of aromatic nitrogens is 2. The van der Waals surface area contributed by atoms with Crippen LogP contribution in [0, 0.1) is 0 Å². The van der Waals surface area contributed by atoms with Crippen LogP contribution in [0.25, 0.3) is 11.0 Å². The van der Waals surface area contributed by atoms with Crippen LogP contribution in [0.15, 0.2) is 48.8 Å². The number of nitrogens with one attached hydrogen (secondary N) is 1. The molecule has 1 aromatic carbocycles. The van der Waals surface area contributed by atoms with E-state index in [-0.39, 0.29) is 17.5 Å². The molecule has 0 saturated heterocycles. The van der Waals surface area contributed by atoms with E-state index < -0.39 is 12.1 Å². The molecule has 3 aromatic rings. The number of aliphatic hydroxyl groups is 1. The monoisotopic (exact) mass is 393 g/mol. The average Bonchev–Trinajstić information content (AvgIpc) is 3.09. The molecule has 2 atom stereocenters. The van der Waals surface area contributed by atoms with Crippen molar-refractivity contribution in [1.82, 2.24) is 14.9 Å². The maximum absolute atomic E-state index is 12.9. The fourth-order valence-corrected chi connectivity index (χ4v) is 3.89. The quantitative estimate of drug-likeness (QED) is 0.618. The Hall–Kier alpha value is -3.19. The zero-order chi connectivity index (χ0) is 20.4. The van der Waals surface area contributed by atoms with E-state index in [0.717, 1.165) is 30.3 Å². The van der Waals surface area contributed by atoms with Crippen molar-refractivity contribution >= 4 is 22.9 Å². The van der Waals surface area contributed by atoms with Gasteiger partial charge in [0.05, 0.1) is 28.8 Å². The highest BCUT2D eigenvalue weighted by Crippen LogP contribution is 2.23. The number of amides is 1. The molecule has 1 aliphatic rings.